The molecule has 0 aliphatic rings. The van der Waals surface area contributed by atoms with Crippen molar-refractivity contribution >= 4 is 10.8 Å². The normalized spacial score (nSPS) is 11.9. The molecule has 0 aliphatic heterocycles. The summed E-state index contributed by atoms with van der Waals surface area (Å²) in [6, 6.07) is 24.8. The minimum Gasteiger partial charge on any atom is -0.491 e. The average Bonchev–Trinajstić information content (AvgIpc) is 2.81. The Bertz CT molecular complexity index is 1250. The van der Waals surface area contributed by atoms with E-state index < -0.39 is 6.10 Å². The number of benzene rings is 3. The molecule has 1 heterocycles. The van der Waals surface area contributed by atoms with Gasteiger partial charge < -0.3 is 9.84 Å². The summed E-state index contributed by atoms with van der Waals surface area (Å²) < 4.78 is 7.15. The van der Waals surface area contributed by atoms with E-state index in [4.69, 9.17) is 4.74 Å². The fraction of sp³-hybridized carbons (Fsp3) is 0.154. The number of hydrogen-bond donors (Lipinski definition) is 1. The Balaban J connectivity index is 1.61. The van der Waals surface area contributed by atoms with Crippen LogP contribution in [0.3, 0.4) is 0 Å². The van der Waals surface area contributed by atoms with Crippen LogP contribution in [0.1, 0.15) is 5.56 Å². The summed E-state index contributed by atoms with van der Waals surface area (Å²) in [4.78, 5) is 13.0. The van der Waals surface area contributed by atoms with Gasteiger partial charge in [0.2, 0.25) is 0 Å². The second-order valence-corrected chi connectivity index (χ2v) is 7.31. The third-order valence-corrected chi connectivity index (χ3v) is 5.07. The first-order valence-electron chi connectivity index (χ1n) is 10.2. The molecule has 5 nitrogen and oxygen atoms in total. The maximum atomic E-state index is 13.0. The molecule has 1 aromatic heterocycles. The Hall–Kier alpha value is -3.70. The maximum Gasteiger partial charge on any atom is 0.274 e. The molecule has 0 amide bonds. The highest BCUT2D eigenvalue weighted by Crippen LogP contribution is 2.24. The summed E-state index contributed by atoms with van der Waals surface area (Å²) in [5, 5.41) is 16.5. The lowest BCUT2D eigenvalue weighted by molar-refractivity contribution is 0.0878. The summed E-state index contributed by atoms with van der Waals surface area (Å²) in [7, 11) is 0. The fourth-order valence-corrected chi connectivity index (χ4v) is 3.58. The standard InChI is InChI=1S/C26H24N2O3/c1-2-10-19-11-6-9-16-24(19)31-18-21(29)17-28-26(30)23-15-8-7-14-22(23)25(27-28)20-12-4-3-5-13-20/h2-9,11-16,21,29H,1,10,17-18H2. The summed E-state index contributed by atoms with van der Waals surface area (Å²) in [5.41, 5.74) is 2.38. The number of allylic oxidation sites excluding steroid dienone is 1. The zero-order valence-corrected chi connectivity index (χ0v) is 17.1. The second-order valence-electron chi connectivity index (χ2n) is 7.31. The number of fused-ring (bicyclic) bond motifs is 1. The van der Waals surface area contributed by atoms with Crippen molar-refractivity contribution in [3.63, 3.8) is 0 Å². The van der Waals surface area contributed by atoms with Crippen LogP contribution in [-0.4, -0.2) is 27.6 Å². The highest BCUT2D eigenvalue weighted by molar-refractivity contribution is 5.93. The predicted octanol–water partition coefficient (Wildman–Crippen LogP) is 4.23. The van der Waals surface area contributed by atoms with Crippen molar-refractivity contribution in [2.24, 2.45) is 0 Å². The van der Waals surface area contributed by atoms with Crippen molar-refractivity contribution in [2.75, 3.05) is 6.61 Å². The van der Waals surface area contributed by atoms with Gasteiger partial charge in [-0.05, 0) is 24.1 Å². The van der Waals surface area contributed by atoms with Crippen molar-refractivity contribution in [1.82, 2.24) is 9.78 Å². The van der Waals surface area contributed by atoms with Crippen LogP contribution in [0.4, 0.5) is 0 Å². The first-order chi connectivity index (χ1) is 15.2. The van der Waals surface area contributed by atoms with Gasteiger partial charge in [-0.25, -0.2) is 4.68 Å². The lowest BCUT2D eigenvalue weighted by Gasteiger charge is -2.16. The molecule has 0 spiro atoms. The summed E-state index contributed by atoms with van der Waals surface area (Å²) >= 11 is 0. The van der Waals surface area contributed by atoms with E-state index in [2.05, 4.69) is 11.7 Å². The van der Waals surface area contributed by atoms with Gasteiger partial charge in [0.15, 0.2) is 0 Å². The molecule has 0 fully saturated rings. The Morgan fingerprint density at radius 2 is 1.65 bits per heavy atom. The summed E-state index contributed by atoms with van der Waals surface area (Å²) in [5.74, 6) is 0.699. The lowest BCUT2D eigenvalue weighted by atomic mass is 10.1. The Morgan fingerprint density at radius 1 is 0.968 bits per heavy atom. The maximum absolute atomic E-state index is 13.0. The van der Waals surface area contributed by atoms with E-state index in [1.54, 1.807) is 6.07 Å². The number of aliphatic hydroxyl groups excluding tert-OH is 1. The molecule has 4 rings (SSSR count). The van der Waals surface area contributed by atoms with Crippen molar-refractivity contribution in [3.05, 3.63) is 107 Å². The molecular weight excluding hydrogens is 388 g/mol. The zero-order valence-electron chi connectivity index (χ0n) is 17.1. The van der Waals surface area contributed by atoms with Crippen LogP contribution in [0.5, 0.6) is 5.75 Å². The van der Waals surface area contributed by atoms with Crippen molar-refractivity contribution in [1.29, 1.82) is 0 Å². The van der Waals surface area contributed by atoms with Gasteiger partial charge in [0, 0.05) is 10.9 Å². The number of rotatable bonds is 8. The first-order valence-corrected chi connectivity index (χ1v) is 10.2. The van der Waals surface area contributed by atoms with E-state index >= 15 is 0 Å². The molecular formula is C26H24N2O3. The Labute approximate surface area is 180 Å². The molecule has 0 saturated carbocycles. The lowest BCUT2D eigenvalue weighted by Crippen LogP contribution is -2.32. The monoisotopic (exact) mass is 412 g/mol. The van der Waals surface area contributed by atoms with Crippen molar-refractivity contribution in [2.45, 2.75) is 19.1 Å². The third-order valence-electron chi connectivity index (χ3n) is 5.07. The topological polar surface area (TPSA) is 64.3 Å². The van der Waals surface area contributed by atoms with Crippen LogP contribution >= 0.6 is 0 Å². The number of ether oxygens (including phenoxy) is 1. The highest BCUT2D eigenvalue weighted by Gasteiger charge is 2.15. The average molecular weight is 412 g/mol. The minimum atomic E-state index is -0.897. The SMILES string of the molecule is C=CCc1ccccc1OCC(O)Cn1nc(-c2ccccc2)c2ccccc2c1=O. The molecule has 4 aromatic rings. The molecule has 1 unspecified atom stereocenters. The van der Waals surface area contributed by atoms with Crippen LogP contribution < -0.4 is 10.3 Å². The molecule has 31 heavy (non-hydrogen) atoms. The summed E-state index contributed by atoms with van der Waals surface area (Å²) in [6.07, 6.45) is 1.59. The van der Waals surface area contributed by atoms with Crippen molar-refractivity contribution in [3.8, 4) is 17.0 Å². The molecule has 1 N–H and O–H groups in total. The van der Waals surface area contributed by atoms with Gasteiger partial charge in [0.1, 0.15) is 18.5 Å². The van der Waals surface area contributed by atoms with Gasteiger partial charge in [0.05, 0.1) is 17.6 Å². The molecule has 0 bridgehead atoms. The zero-order chi connectivity index (χ0) is 21.6. The van der Waals surface area contributed by atoms with E-state index in [0.717, 1.165) is 16.5 Å². The highest BCUT2D eigenvalue weighted by atomic mass is 16.5. The number of aliphatic hydroxyl groups is 1. The number of hydrogen-bond acceptors (Lipinski definition) is 4. The second kappa shape index (κ2) is 9.41. The third kappa shape index (κ3) is 4.57. The smallest absolute Gasteiger partial charge is 0.274 e. The van der Waals surface area contributed by atoms with Crippen LogP contribution in [0.25, 0.3) is 22.0 Å². The van der Waals surface area contributed by atoms with Gasteiger partial charge in [-0.2, -0.15) is 5.10 Å². The van der Waals surface area contributed by atoms with E-state index in [-0.39, 0.29) is 18.7 Å². The molecule has 5 heteroatoms. The van der Waals surface area contributed by atoms with E-state index in [1.807, 2.05) is 78.9 Å². The molecule has 156 valence electrons. The van der Waals surface area contributed by atoms with Gasteiger partial charge in [-0.3, -0.25) is 4.79 Å². The minimum absolute atomic E-state index is 0.0348. The Kier molecular flexibility index (Phi) is 6.24. The van der Waals surface area contributed by atoms with Crippen LogP contribution in [0.2, 0.25) is 0 Å². The van der Waals surface area contributed by atoms with Crippen LogP contribution in [0.15, 0.2) is 96.3 Å². The van der Waals surface area contributed by atoms with Crippen LogP contribution in [0, 0.1) is 0 Å². The largest absolute Gasteiger partial charge is 0.491 e. The molecule has 1 atom stereocenters. The van der Waals surface area contributed by atoms with E-state index in [9.17, 15) is 9.90 Å². The quantitative estimate of drug-likeness (QED) is 0.440. The molecule has 0 aliphatic carbocycles. The molecule has 3 aromatic carbocycles. The van der Waals surface area contributed by atoms with Gasteiger partial charge in [-0.1, -0.05) is 72.8 Å². The first kappa shape index (κ1) is 20.6. The number of aromatic nitrogens is 2. The Morgan fingerprint density at radius 3 is 2.42 bits per heavy atom. The fourth-order valence-electron chi connectivity index (χ4n) is 3.58. The van der Waals surface area contributed by atoms with E-state index in [0.29, 0.717) is 23.3 Å². The molecule has 0 saturated heterocycles. The predicted molar refractivity (Wildman–Crippen MR) is 123 cm³/mol. The summed E-state index contributed by atoms with van der Waals surface area (Å²) in [6.45, 7) is 3.85. The van der Waals surface area contributed by atoms with Gasteiger partial charge >= 0.3 is 0 Å². The van der Waals surface area contributed by atoms with Crippen LogP contribution in [-0.2, 0) is 13.0 Å². The number of nitrogens with zero attached hydrogens (tertiary/aromatic N) is 2. The molecule has 0 radical (unpaired) electrons. The van der Waals surface area contributed by atoms with Gasteiger partial charge in [0.25, 0.3) is 5.56 Å². The van der Waals surface area contributed by atoms with E-state index in [1.165, 1.54) is 4.68 Å². The number of para-hydroxylation sites is 1. The van der Waals surface area contributed by atoms with Crippen molar-refractivity contribution < 1.29 is 9.84 Å². The van der Waals surface area contributed by atoms with Gasteiger partial charge in [-0.15, -0.1) is 6.58 Å².